The molecule has 3 nitrogen and oxygen atoms in total. The first-order valence-electron chi connectivity index (χ1n) is 5.40. The second kappa shape index (κ2) is 7.97. The molecule has 0 fully saturated rings. The Hall–Kier alpha value is -0.380. The third kappa shape index (κ3) is 6.13. The van der Waals surface area contributed by atoms with E-state index in [-0.39, 0.29) is 6.17 Å². The van der Waals surface area contributed by atoms with Gasteiger partial charge in [-0.2, -0.15) is 5.48 Å². The highest BCUT2D eigenvalue weighted by atomic mass is 16.5. The summed E-state index contributed by atoms with van der Waals surface area (Å²) in [6.45, 7) is 9.38. The number of allylic oxidation sites excluding steroid dienone is 1. The van der Waals surface area contributed by atoms with Gasteiger partial charge in [0.05, 0.1) is 6.17 Å². The van der Waals surface area contributed by atoms with E-state index in [1.165, 1.54) is 24.0 Å². The van der Waals surface area contributed by atoms with Crippen LogP contribution < -0.4 is 10.8 Å². The van der Waals surface area contributed by atoms with Crippen molar-refractivity contribution in [2.45, 2.75) is 53.1 Å². The van der Waals surface area contributed by atoms with Gasteiger partial charge in [-0.15, -0.1) is 0 Å². The molecule has 0 aliphatic carbocycles. The fourth-order valence-electron chi connectivity index (χ4n) is 1.32. The van der Waals surface area contributed by atoms with Crippen LogP contribution >= 0.6 is 0 Å². The fourth-order valence-corrected chi connectivity index (χ4v) is 1.32. The van der Waals surface area contributed by atoms with Crippen molar-refractivity contribution in [2.75, 3.05) is 6.54 Å². The molecule has 0 radical (unpaired) electrons. The van der Waals surface area contributed by atoms with Crippen molar-refractivity contribution in [3.8, 4) is 0 Å². The molecule has 84 valence electrons. The average molecular weight is 200 g/mol. The molecule has 0 aliphatic rings. The van der Waals surface area contributed by atoms with Crippen LogP contribution in [0.5, 0.6) is 0 Å². The van der Waals surface area contributed by atoms with Gasteiger partial charge in [0.1, 0.15) is 0 Å². The van der Waals surface area contributed by atoms with Crippen molar-refractivity contribution >= 4 is 0 Å². The van der Waals surface area contributed by atoms with Crippen LogP contribution in [0.4, 0.5) is 0 Å². The van der Waals surface area contributed by atoms with Crippen LogP contribution in [0.1, 0.15) is 47.0 Å². The van der Waals surface area contributed by atoms with Crippen LogP contribution in [0.2, 0.25) is 0 Å². The van der Waals surface area contributed by atoms with Crippen molar-refractivity contribution < 1.29 is 5.21 Å². The number of hydrogen-bond acceptors (Lipinski definition) is 3. The van der Waals surface area contributed by atoms with Crippen LogP contribution in [0.15, 0.2) is 11.1 Å². The molecule has 0 aromatic heterocycles. The molecule has 0 saturated heterocycles. The maximum atomic E-state index is 8.57. The Bertz CT molecular complexity index is 178. The summed E-state index contributed by atoms with van der Waals surface area (Å²) >= 11 is 0. The van der Waals surface area contributed by atoms with E-state index in [0.29, 0.717) is 0 Å². The molecule has 1 unspecified atom stereocenters. The number of hydrogen-bond donors (Lipinski definition) is 3. The van der Waals surface area contributed by atoms with Gasteiger partial charge in [-0.25, -0.2) is 0 Å². The minimum Gasteiger partial charge on any atom is -0.315 e. The molecule has 3 N–H and O–H groups in total. The van der Waals surface area contributed by atoms with E-state index in [2.05, 4.69) is 31.6 Å². The molecule has 3 heteroatoms. The van der Waals surface area contributed by atoms with Crippen LogP contribution in [0.3, 0.4) is 0 Å². The smallest absolute Gasteiger partial charge is 0.0781 e. The van der Waals surface area contributed by atoms with Crippen molar-refractivity contribution in [1.82, 2.24) is 10.8 Å². The van der Waals surface area contributed by atoms with Gasteiger partial charge in [-0.05, 0) is 33.6 Å². The first-order valence-corrected chi connectivity index (χ1v) is 5.40. The molecule has 1 atom stereocenters. The Morgan fingerprint density at radius 2 is 1.79 bits per heavy atom. The monoisotopic (exact) mass is 200 g/mol. The predicted molar refractivity (Wildman–Crippen MR) is 60.3 cm³/mol. The standard InChI is InChI=1S/C11H24N2O/c1-5-6-9(2)10(3)7-8-12-11(4)13-14/h11-14H,5-8H2,1-4H3/b10-9+. The largest absolute Gasteiger partial charge is 0.315 e. The van der Waals surface area contributed by atoms with E-state index in [9.17, 15) is 0 Å². The van der Waals surface area contributed by atoms with Crippen LogP contribution in [0.25, 0.3) is 0 Å². The molecule has 0 rings (SSSR count). The van der Waals surface area contributed by atoms with Crippen molar-refractivity contribution in [3.05, 3.63) is 11.1 Å². The SMILES string of the molecule is CCC/C(C)=C(\C)CCNC(C)NO. The summed E-state index contributed by atoms with van der Waals surface area (Å²) in [7, 11) is 0. The zero-order valence-corrected chi connectivity index (χ0v) is 9.85. The van der Waals surface area contributed by atoms with E-state index < -0.39 is 0 Å². The third-order valence-corrected chi connectivity index (χ3v) is 2.50. The lowest BCUT2D eigenvalue weighted by molar-refractivity contribution is 0.118. The second-order valence-corrected chi connectivity index (χ2v) is 3.87. The number of hydroxylamine groups is 1. The number of rotatable bonds is 7. The first-order chi connectivity index (χ1) is 6.61. The predicted octanol–water partition coefficient (Wildman–Crippen LogP) is 2.43. The first kappa shape index (κ1) is 13.6. The Kier molecular flexibility index (Phi) is 7.76. The van der Waals surface area contributed by atoms with Gasteiger partial charge in [0.15, 0.2) is 0 Å². The molecule has 14 heavy (non-hydrogen) atoms. The van der Waals surface area contributed by atoms with Crippen molar-refractivity contribution in [3.63, 3.8) is 0 Å². The molecular weight excluding hydrogens is 176 g/mol. The molecule has 0 amide bonds. The fraction of sp³-hybridized carbons (Fsp3) is 0.818. The van der Waals surface area contributed by atoms with Gasteiger partial charge in [0.25, 0.3) is 0 Å². The quantitative estimate of drug-likeness (QED) is 0.336. The molecule has 0 aliphatic heterocycles. The third-order valence-electron chi connectivity index (χ3n) is 2.50. The van der Waals surface area contributed by atoms with Crippen molar-refractivity contribution in [1.29, 1.82) is 0 Å². The van der Waals surface area contributed by atoms with Gasteiger partial charge >= 0.3 is 0 Å². The molecule has 0 spiro atoms. The van der Waals surface area contributed by atoms with Gasteiger partial charge in [0.2, 0.25) is 0 Å². The summed E-state index contributed by atoms with van der Waals surface area (Å²) in [5, 5.41) is 11.7. The van der Waals surface area contributed by atoms with Gasteiger partial charge in [-0.3, -0.25) is 0 Å². The summed E-state index contributed by atoms with van der Waals surface area (Å²) in [5.41, 5.74) is 5.13. The summed E-state index contributed by atoms with van der Waals surface area (Å²) in [5.74, 6) is 0. The van der Waals surface area contributed by atoms with Crippen LogP contribution in [-0.4, -0.2) is 17.9 Å². The summed E-state index contributed by atoms with van der Waals surface area (Å²) < 4.78 is 0. The number of nitrogens with one attached hydrogen (secondary N) is 2. The molecule has 0 aromatic rings. The van der Waals surface area contributed by atoms with Crippen LogP contribution in [0, 0.1) is 0 Å². The normalized spacial score (nSPS) is 15.2. The Morgan fingerprint density at radius 1 is 1.21 bits per heavy atom. The lowest BCUT2D eigenvalue weighted by Crippen LogP contribution is -2.38. The van der Waals surface area contributed by atoms with E-state index in [4.69, 9.17) is 5.21 Å². The Balaban J connectivity index is 3.72. The molecule has 0 bridgehead atoms. The van der Waals surface area contributed by atoms with Gasteiger partial charge in [0, 0.05) is 6.54 Å². The molecular formula is C11H24N2O. The minimum atomic E-state index is -0.0331. The van der Waals surface area contributed by atoms with E-state index in [1.807, 2.05) is 6.92 Å². The van der Waals surface area contributed by atoms with Gasteiger partial charge in [-0.1, -0.05) is 24.5 Å². The van der Waals surface area contributed by atoms with Crippen molar-refractivity contribution in [2.24, 2.45) is 0 Å². The summed E-state index contributed by atoms with van der Waals surface area (Å²) in [4.78, 5) is 0. The molecule has 0 heterocycles. The zero-order chi connectivity index (χ0) is 11.0. The highest BCUT2D eigenvalue weighted by Gasteiger charge is 1.99. The topological polar surface area (TPSA) is 44.3 Å². The maximum Gasteiger partial charge on any atom is 0.0781 e. The highest BCUT2D eigenvalue weighted by Crippen LogP contribution is 2.12. The van der Waals surface area contributed by atoms with Crippen LogP contribution in [-0.2, 0) is 0 Å². The lowest BCUT2D eigenvalue weighted by atomic mass is 10.0. The van der Waals surface area contributed by atoms with E-state index in [0.717, 1.165) is 13.0 Å². The molecule has 0 saturated carbocycles. The summed E-state index contributed by atoms with van der Waals surface area (Å²) in [6, 6.07) is 0. The lowest BCUT2D eigenvalue weighted by Gasteiger charge is -2.12. The Morgan fingerprint density at radius 3 is 2.29 bits per heavy atom. The minimum absolute atomic E-state index is 0.0331. The molecule has 0 aromatic carbocycles. The maximum absolute atomic E-state index is 8.57. The van der Waals surface area contributed by atoms with E-state index >= 15 is 0 Å². The highest BCUT2D eigenvalue weighted by molar-refractivity contribution is 5.09. The second-order valence-electron chi connectivity index (χ2n) is 3.87. The zero-order valence-electron chi connectivity index (χ0n) is 9.85. The van der Waals surface area contributed by atoms with E-state index in [1.54, 1.807) is 0 Å². The average Bonchev–Trinajstić information content (AvgIpc) is 2.17. The van der Waals surface area contributed by atoms with Gasteiger partial charge < -0.3 is 10.5 Å². The summed E-state index contributed by atoms with van der Waals surface area (Å²) in [6.07, 6.45) is 3.43. The Labute approximate surface area is 87.5 Å².